The molecule has 2 N–H and O–H groups in total. The largest absolute Gasteiger partial charge is 0.327 e. The van der Waals surface area contributed by atoms with Gasteiger partial charge >= 0.3 is 0 Å². The summed E-state index contributed by atoms with van der Waals surface area (Å²) in [5.74, 6) is 0. The predicted molar refractivity (Wildman–Crippen MR) is 58.6 cm³/mol. The molecule has 70 valence electrons. The van der Waals surface area contributed by atoms with Crippen molar-refractivity contribution in [1.82, 2.24) is 0 Å². The molecule has 1 nitrogen and oxygen atoms in total. The Hall–Kier alpha value is -1.08. The van der Waals surface area contributed by atoms with Crippen LogP contribution >= 0.6 is 0 Å². The fourth-order valence-electron chi connectivity index (χ4n) is 1.44. The van der Waals surface area contributed by atoms with E-state index in [1.807, 2.05) is 0 Å². The summed E-state index contributed by atoms with van der Waals surface area (Å²) >= 11 is 0. The van der Waals surface area contributed by atoms with Crippen molar-refractivity contribution in [3.63, 3.8) is 0 Å². The van der Waals surface area contributed by atoms with Gasteiger partial charge in [-0.15, -0.1) is 0 Å². The zero-order valence-corrected chi connectivity index (χ0v) is 8.59. The predicted octanol–water partition coefficient (Wildman–Crippen LogP) is 2.67. The van der Waals surface area contributed by atoms with Crippen LogP contribution in [0.25, 0.3) is 6.08 Å². The zero-order valence-electron chi connectivity index (χ0n) is 8.59. The molecule has 0 amide bonds. The van der Waals surface area contributed by atoms with Gasteiger partial charge in [-0.05, 0) is 26.3 Å². The molecule has 0 saturated heterocycles. The fraction of sp³-hybridized carbons (Fsp3) is 0.333. The van der Waals surface area contributed by atoms with Crippen molar-refractivity contribution in [1.29, 1.82) is 0 Å². The maximum Gasteiger partial charge on any atom is 0.0137 e. The Balaban J connectivity index is 3.02. The highest BCUT2D eigenvalue weighted by Gasteiger charge is 1.93. The Bertz CT molecular complexity index is 304. The van der Waals surface area contributed by atoms with Gasteiger partial charge in [0.15, 0.2) is 0 Å². The van der Waals surface area contributed by atoms with E-state index in [0.29, 0.717) is 6.54 Å². The van der Waals surface area contributed by atoms with Gasteiger partial charge in [0.2, 0.25) is 0 Å². The van der Waals surface area contributed by atoms with Crippen LogP contribution in [0.5, 0.6) is 0 Å². The Morgan fingerprint density at radius 3 is 2.23 bits per heavy atom. The molecule has 1 aromatic rings. The monoisotopic (exact) mass is 175 g/mol. The molecule has 0 unspecified atom stereocenters. The highest BCUT2D eigenvalue weighted by Crippen LogP contribution is 2.11. The van der Waals surface area contributed by atoms with Gasteiger partial charge in [-0.2, -0.15) is 0 Å². The first-order chi connectivity index (χ1) is 6.11. The molecule has 0 atom stereocenters. The number of rotatable bonds is 2. The minimum Gasteiger partial charge on any atom is -0.327 e. The van der Waals surface area contributed by atoms with Crippen molar-refractivity contribution in [2.75, 3.05) is 6.54 Å². The number of benzene rings is 1. The molecular formula is C12H17N. The van der Waals surface area contributed by atoms with Crippen molar-refractivity contribution in [2.24, 2.45) is 5.73 Å². The molecule has 0 aliphatic heterocycles. The van der Waals surface area contributed by atoms with Gasteiger partial charge in [-0.3, -0.25) is 0 Å². The molecule has 0 bridgehead atoms. The summed E-state index contributed by atoms with van der Waals surface area (Å²) < 4.78 is 0. The van der Waals surface area contributed by atoms with Crippen LogP contribution in [0, 0.1) is 13.8 Å². The first-order valence-corrected chi connectivity index (χ1v) is 4.57. The van der Waals surface area contributed by atoms with E-state index in [2.05, 4.69) is 45.0 Å². The summed E-state index contributed by atoms with van der Waals surface area (Å²) in [5, 5.41) is 0. The van der Waals surface area contributed by atoms with Crippen LogP contribution in [0.15, 0.2) is 23.8 Å². The van der Waals surface area contributed by atoms with Gasteiger partial charge in [0.25, 0.3) is 0 Å². The van der Waals surface area contributed by atoms with Crippen LogP contribution in [0.1, 0.15) is 23.6 Å². The quantitative estimate of drug-likeness (QED) is 0.734. The third kappa shape index (κ3) is 3.03. The summed E-state index contributed by atoms with van der Waals surface area (Å²) in [4.78, 5) is 0. The van der Waals surface area contributed by atoms with E-state index in [-0.39, 0.29) is 0 Å². The molecule has 0 saturated carbocycles. The molecule has 1 rings (SSSR count). The minimum absolute atomic E-state index is 0.632. The Morgan fingerprint density at radius 1 is 1.23 bits per heavy atom. The van der Waals surface area contributed by atoms with E-state index in [1.165, 1.54) is 22.3 Å². The molecule has 0 aliphatic carbocycles. The van der Waals surface area contributed by atoms with Crippen LogP contribution in [0.2, 0.25) is 0 Å². The fourth-order valence-corrected chi connectivity index (χ4v) is 1.44. The maximum absolute atomic E-state index is 5.53. The number of hydrogen-bond acceptors (Lipinski definition) is 1. The smallest absolute Gasteiger partial charge is 0.0137 e. The lowest BCUT2D eigenvalue weighted by Gasteiger charge is -2.01. The average Bonchev–Trinajstić information content (AvgIpc) is 2.02. The molecule has 0 heterocycles. The summed E-state index contributed by atoms with van der Waals surface area (Å²) in [6, 6.07) is 6.52. The van der Waals surface area contributed by atoms with E-state index >= 15 is 0 Å². The van der Waals surface area contributed by atoms with Gasteiger partial charge in [-0.1, -0.05) is 41.0 Å². The molecule has 1 aromatic carbocycles. The number of aryl methyl sites for hydroxylation is 2. The number of hydrogen-bond donors (Lipinski definition) is 1. The minimum atomic E-state index is 0.632. The van der Waals surface area contributed by atoms with Crippen molar-refractivity contribution < 1.29 is 0 Å². The standard InChI is InChI=1S/C12H17N/c1-9-4-10(2)6-12(5-9)7-11(3)8-13/h4-7H,8,13H2,1-3H3. The van der Waals surface area contributed by atoms with Crippen molar-refractivity contribution in [3.8, 4) is 0 Å². The van der Waals surface area contributed by atoms with Crippen LogP contribution < -0.4 is 5.73 Å². The van der Waals surface area contributed by atoms with E-state index in [0.717, 1.165) is 0 Å². The highest BCUT2D eigenvalue weighted by molar-refractivity contribution is 5.54. The Labute approximate surface area is 80.3 Å². The van der Waals surface area contributed by atoms with Gasteiger partial charge in [0.05, 0.1) is 0 Å². The van der Waals surface area contributed by atoms with Crippen LogP contribution in [0.3, 0.4) is 0 Å². The van der Waals surface area contributed by atoms with Gasteiger partial charge in [-0.25, -0.2) is 0 Å². The van der Waals surface area contributed by atoms with Crippen LogP contribution in [0.4, 0.5) is 0 Å². The first-order valence-electron chi connectivity index (χ1n) is 4.57. The molecule has 1 heteroatoms. The Kier molecular flexibility index (Phi) is 3.26. The lowest BCUT2D eigenvalue weighted by molar-refractivity contribution is 1.15. The normalized spacial score (nSPS) is 11.8. The Morgan fingerprint density at radius 2 is 1.77 bits per heavy atom. The SMILES string of the molecule is CC(=Cc1cc(C)cc(C)c1)CN. The summed E-state index contributed by atoms with van der Waals surface area (Å²) in [6.07, 6.45) is 2.14. The second kappa shape index (κ2) is 4.24. The van der Waals surface area contributed by atoms with E-state index < -0.39 is 0 Å². The third-order valence-electron chi connectivity index (χ3n) is 1.98. The summed E-state index contributed by atoms with van der Waals surface area (Å²) in [7, 11) is 0. The third-order valence-corrected chi connectivity index (χ3v) is 1.98. The van der Waals surface area contributed by atoms with E-state index in [4.69, 9.17) is 5.73 Å². The molecule has 0 fully saturated rings. The average molecular weight is 175 g/mol. The van der Waals surface area contributed by atoms with E-state index in [9.17, 15) is 0 Å². The lowest BCUT2D eigenvalue weighted by atomic mass is 10.1. The molecular weight excluding hydrogens is 158 g/mol. The summed E-state index contributed by atoms with van der Waals surface area (Å²) in [5.41, 5.74) is 10.6. The molecule has 0 spiro atoms. The lowest BCUT2D eigenvalue weighted by Crippen LogP contribution is -1.99. The second-order valence-electron chi connectivity index (χ2n) is 3.62. The zero-order chi connectivity index (χ0) is 9.84. The summed E-state index contributed by atoms with van der Waals surface area (Å²) in [6.45, 7) is 6.91. The second-order valence-corrected chi connectivity index (χ2v) is 3.62. The van der Waals surface area contributed by atoms with Crippen LogP contribution in [-0.2, 0) is 0 Å². The van der Waals surface area contributed by atoms with Crippen molar-refractivity contribution >= 4 is 6.08 Å². The van der Waals surface area contributed by atoms with Crippen LogP contribution in [-0.4, -0.2) is 6.54 Å². The first kappa shape index (κ1) is 10.0. The highest BCUT2D eigenvalue weighted by atomic mass is 14.5. The maximum atomic E-state index is 5.53. The topological polar surface area (TPSA) is 26.0 Å². The van der Waals surface area contributed by atoms with Gasteiger partial charge < -0.3 is 5.73 Å². The van der Waals surface area contributed by atoms with E-state index in [1.54, 1.807) is 0 Å². The molecule has 0 aliphatic rings. The molecule has 0 radical (unpaired) electrons. The van der Waals surface area contributed by atoms with Crippen molar-refractivity contribution in [2.45, 2.75) is 20.8 Å². The van der Waals surface area contributed by atoms with Crippen molar-refractivity contribution in [3.05, 3.63) is 40.5 Å². The number of nitrogens with two attached hydrogens (primary N) is 1. The van der Waals surface area contributed by atoms with Gasteiger partial charge in [0, 0.05) is 6.54 Å². The van der Waals surface area contributed by atoms with Gasteiger partial charge in [0.1, 0.15) is 0 Å². The molecule has 13 heavy (non-hydrogen) atoms. The molecule has 0 aromatic heterocycles.